The van der Waals surface area contributed by atoms with Gasteiger partial charge in [-0.3, -0.25) is 4.79 Å². The largest absolute Gasteiger partial charge is 0.508 e. The maximum atomic E-state index is 12.2. The molecule has 2 atom stereocenters. The van der Waals surface area contributed by atoms with E-state index in [0.717, 1.165) is 19.5 Å². The van der Waals surface area contributed by atoms with Gasteiger partial charge in [-0.05, 0) is 25.1 Å². The van der Waals surface area contributed by atoms with Crippen molar-refractivity contribution in [1.29, 1.82) is 0 Å². The second-order valence-corrected chi connectivity index (χ2v) is 6.17. The van der Waals surface area contributed by atoms with Crippen molar-refractivity contribution < 1.29 is 9.90 Å². The molecule has 1 amide bonds. The molecule has 2 saturated heterocycles. The predicted molar refractivity (Wildman–Crippen MR) is 78.5 cm³/mol. The van der Waals surface area contributed by atoms with E-state index in [1.165, 1.54) is 6.07 Å². The van der Waals surface area contributed by atoms with Crippen LogP contribution in [0.5, 0.6) is 5.75 Å². The fourth-order valence-electron chi connectivity index (χ4n) is 3.13. The lowest BCUT2D eigenvalue weighted by atomic mass is 9.97. The Bertz CT molecular complexity index is 544. The SMILES string of the molecule is O=C1CC(c2c(O)ccc(Cl)c2Cl)CN1C1CCNC1. The molecule has 2 fully saturated rings. The molecule has 1 aromatic carbocycles. The summed E-state index contributed by atoms with van der Waals surface area (Å²) in [7, 11) is 0. The lowest BCUT2D eigenvalue weighted by molar-refractivity contribution is -0.129. The Labute approximate surface area is 127 Å². The van der Waals surface area contributed by atoms with Crippen molar-refractivity contribution in [2.24, 2.45) is 0 Å². The number of likely N-dealkylation sites (tertiary alicyclic amines) is 1. The van der Waals surface area contributed by atoms with Crippen LogP contribution in [-0.4, -0.2) is 41.6 Å². The van der Waals surface area contributed by atoms with Crippen molar-refractivity contribution >= 4 is 29.1 Å². The fraction of sp³-hybridized carbons (Fsp3) is 0.500. The minimum atomic E-state index is -0.0886. The third kappa shape index (κ3) is 2.36. The highest BCUT2D eigenvalue weighted by atomic mass is 35.5. The molecule has 0 saturated carbocycles. The Morgan fingerprint density at radius 1 is 1.35 bits per heavy atom. The van der Waals surface area contributed by atoms with E-state index < -0.39 is 0 Å². The molecule has 4 nitrogen and oxygen atoms in total. The van der Waals surface area contributed by atoms with Crippen LogP contribution in [0.25, 0.3) is 0 Å². The molecule has 0 radical (unpaired) electrons. The van der Waals surface area contributed by atoms with Gasteiger partial charge in [0.25, 0.3) is 0 Å². The number of phenolic OH excluding ortho intramolecular Hbond substituents is 1. The molecule has 2 aliphatic rings. The van der Waals surface area contributed by atoms with E-state index >= 15 is 0 Å². The van der Waals surface area contributed by atoms with Crippen LogP contribution in [0.3, 0.4) is 0 Å². The minimum Gasteiger partial charge on any atom is -0.508 e. The zero-order chi connectivity index (χ0) is 14.3. The molecule has 0 spiro atoms. The molecule has 1 aromatic rings. The third-order valence-electron chi connectivity index (χ3n) is 4.15. The predicted octanol–water partition coefficient (Wildman–Crippen LogP) is 2.38. The number of hydrogen-bond donors (Lipinski definition) is 2. The number of halogens is 2. The summed E-state index contributed by atoms with van der Waals surface area (Å²) in [4.78, 5) is 14.1. The standard InChI is InChI=1S/C14H16Cl2N2O2/c15-10-1-2-11(19)13(14(10)16)8-5-12(20)18(7-8)9-3-4-17-6-9/h1-2,8-9,17,19H,3-7H2. The summed E-state index contributed by atoms with van der Waals surface area (Å²) in [6.45, 7) is 2.38. The number of benzene rings is 1. The molecule has 0 aliphatic carbocycles. The average molecular weight is 315 g/mol. The first-order valence-corrected chi connectivity index (χ1v) is 7.50. The first kappa shape index (κ1) is 14.0. The van der Waals surface area contributed by atoms with Crippen molar-refractivity contribution in [1.82, 2.24) is 10.2 Å². The summed E-state index contributed by atoms with van der Waals surface area (Å²) in [5.74, 6) is 0.150. The lowest BCUT2D eigenvalue weighted by Crippen LogP contribution is -2.37. The van der Waals surface area contributed by atoms with Crippen molar-refractivity contribution in [3.63, 3.8) is 0 Å². The molecular formula is C14H16Cl2N2O2. The number of rotatable bonds is 2. The van der Waals surface area contributed by atoms with Crippen molar-refractivity contribution in [3.05, 3.63) is 27.7 Å². The van der Waals surface area contributed by atoms with Crippen LogP contribution >= 0.6 is 23.2 Å². The van der Waals surface area contributed by atoms with Crippen molar-refractivity contribution in [2.45, 2.75) is 24.8 Å². The van der Waals surface area contributed by atoms with E-state index in [-0.39, 0.29) is 23.6 Å². The van der Waals surface area contributed by atoms with Gasteiger partial charge in [-0.1, -0.05) is 23.2 Å². The Hall–Kier alpha value is -0.970. The van der Waals surface area contributed by atoms with Gasteiger partial charge in [-0.15, -0.1) is 0 Å². The van der Waals surface area contributed by atoms with Gasteiger partial charge in [0, 0.05) is 37.0 Å². The normalized spacial score (nSPS) is 26.5. The first-order valence-electron chi connectivity index (χ1n) is 6.75. The Balaban J connectivity index is 1.86. The monoisotopic (exact) mass is 314 g/mol. The van der Waals surface area contributed by atoms with Crippen LogP contribution in [0.1, 0.15) is 24.3 Å². The van der Waals surface area contributed by atoms with Crippen molar-refractivity contribution in [3.8, 4) is 5.75 Å². The summed E-state index contributed by atoms with van der Waals surface area (Å²) < 4.78 is 0. The summed E-state index contributed by atoms with van der Waals surface area (Å²) in [6.07, 6.45) is 1.36. The van der Waals surface area contributed by atoms with Crippen LogP contribution < -0.4 is 5.32 Å². The van der Waals surface area contributed by atoms with Gasteiger partial charge in [0.05, 0.1) is 10.0 Å². The summed E-state index contributed by atoms with van der Waals surface area (Å²) in [5.41, 5.74) is 0.598. The van der Waals surface area contributed by atoms with E-state index in [2.05, 4.69) is 5.32 Å². The maximum absolute atomic E-state index is 12.2. The topological polar surface area (TPSA) is 52.6 Å². The quantitative estimate of drug-likeness (QED) is 0.881. The van der Waals surface area contributed by atoms with E-state index in [0.29, 0.717) is 28.6 Å². The molecule has 108 valence electrons. The minimum absolute atomic E-state index is 0.0886. The smallest absolute Gasteiger partial charge is 0.223 e. The number of carbonyl (C=O) groups excluding carboxylic acids is 1. The average Bonchev–Trinajstić information content (AvgIpc) is 3.04. The molecule has 0 aromatic heterocycles. The van der Waals surface area contributed by atoms with Crippen molar-refractivity contribution in [2.75, 3.05) is 19.6 Å². The zero-order valence-electron chi connectivity index (χ0n) is 10.9. The van der Waals surface area contributed by atoms with Gasteiger partial charge >= 0.3 is 0 Å². The number of nitrogens with zero attached hydrogens (tertiary/aromatic N) is 1. The van der Waals surface area contributed by atoms with Crippen LogP contribution in [0.2, 0.25) is 10.0 Å². The molecule has 2 aliphatic heterocycles. The summed E-state index contributed by atoms with van der Waals surface area (Å²) in [5, 5.41) is 14.1. The Morgan fingerprint density at radius 2 is 2.15 bits per heavy atom. The molecule has 3 rings (SSSR count). The summed E-state index contributed by atoms with van der Waals surface area (Å²) >= 11 is 12.2. The Kier molecular flexibility index (Phi) is 3.80. The third-order valence-corrected chi connectivity index (χ3v) is 4.97. The van der Waals surface area contributed by atoms with E-state index in [9.17, 15) is 9.90 Å². The highest BCUT2D eigenvalue weighted by molar-refractivity contribution is 6.42. The van der Waals surface area contributed by atoms with E-state index in [1.54, 1.807) is 6.07 Å². The molecule has 0 bridgehead atoms. The van der Waals surface area contributed by atoms with Crippen LogP contribution in [0.15, 0.2) is 12.1 Å². The van der Waals surface area contributed by atoms with Gasteiger partial charge in [-0.2, -0.15) is 0 Å². The molecule has 2 unspecified atom stereocenters. The van der Waals surface area contributed by atoms with Gasteiger partial charge in [-0.25, -0.2) is 0 Å². The molecule has 2 N–H and O–H groups in total. The van der Waals surface area contributed by atoms with E-state index in [4.69, 9.17) is 23.2 Å². The molecule has 2 heterocycles. The second-order valence-electron chi connectivity index (χ2n) is 5.39. The first-order chi connectivity index (χ1) is 9.58. The zero-order valence-corrected chi connectivity index (χ0v) is 12.4. The van der Waals surface area contributed by atoms with Gasteiger partial charge in [0.1, 0.15) is 5.75 Å². The number of aromatic hydroxyl groups is 1. The number of carbonyl (C=O) groups is 1. The maximum Gasteiger partial charge on any atom is 0.223 e. The van der Waals surface area contributed by atoms with Gasteiger partial charge in [0.15, 0.2) is 0 Å². The highest BCUT2D eigenvalue weighted by Gasteiger charge is 2.38. The lowest BCUT2D eigenvalue weighted by Gasteiger charge is -2.24. The van der Waals surface area contributed by atoms with Crippen LogP contribution in [0.4, 0.5) is 0 Å². The Morgan fingerprint density at radius 3 is 2.85 bits per heavy atom. The highest BCUT2D eigenvalue weighted by Crippen LogP contribution is 2.42. The molecular weight excluding hydrogens is 299 g/mol. The van der Waals surface area contributed by atoms with E-state index in [1.807, 2.05) is 4.90 Å². The summed E-state index contributed by atoms with van der Waals surface area (Å²) in [6, 6.07) is 3.36. The second kappa shape index (κ2) is 5.43. The van der Waals surface area contributed by atoms with Gasteiger partial charge in [0.2, 0.25) is 5.91 Å². The number of amides is 1. The number of nitrogens with one attached hydrogen (secondary N) is 1. The fourth-order valence-corrected chi connectivity index (χ4v) is 3.61. The molecule has 6 heteroatoms. The van der Waals surface area contributed by atoms with Crippen LogP contribution in [-0.2, 0) is 4.79 Å². The number of phenols is 1. The van der Waals surface area contributed by atoms with Crippen LogP contribution in [0, 0.1) is 0 Å². The van der Waals surface area contributed by atoms with Gasteiger partial charge < -0.3 is 15.3 Å². The number of hydrogen-bond acceptors (Lipinski definition) is 3. The molecule has 20 heavy (non-hydrogen) atoms.